The Kier molecular flexibility index (Phi) is 29.7. The van der Waals surface area contributed by atoms with Gasteiger partial charge < -0.3 is 53.8 Å². The summed E-state index contributed by atoms with van der Waals surface area (Å²) in [4.78, 5) is 76.2. The van der Waals surface area contributed by atoms with E-state index in [4.69, 9.17) is 37.9 Å². The molecule has 0 aromatic rings. The van der Waals surface area contributed by atoms with E-state index in [-0.39, 0.29) is 83.9 Å². The number of ketones is 1. The highest BCUT2D eigenvalue weighted by Gasteiger charge is 2.41. The van der Waals surface area contributed by atoms with Gasteiger partial charge in [-0.1, -0.05) is 41.5 Å². The van der Waals surface area contributed by atoms with Crippen molar-refractivity contribution in [1.29, 1.82) is 0 Å². The van der Waals surface area contributed by atoms with Gasteiger partial charge in [0, 0.05) is 43.7 Å². The van der Waals surface area contributed by atoms with Crippen molar-refractivity contribution < 1.29 is 66.7 Å². The fourth-order valence-corrected chi connectivity index (χ4v) is 7.14. The van der Waals surface area contributed by atoms with Gasteiger partial charge in [-0.15, -0.1) is 0 Å². The minimum absolute atomic E-state index is 0.0358. The first-order chi connectivity index (χ1) is 30.2. The molecule has 1 unspecified atom stereocenters. The molecule has 3 N–H and O–H groups in total. The van der Waals surface area contributed by atoms with Gasteiger partial charge in [0.05, 0.1) is 112 Å². The molecule has 1 heterocycles. The fraction of sp³-hybridized carbons (Fsp3) is 0.867. The molecule has 364 valence electrons. The Morgan fingerprint density at radius 1 is 0.603 bits per heavy atom. The van der Waals surface area contributed by atoms with Gasteiger partial charge in [0.25, 0.3) is 0 Å². The van der Waals surface area contributed by atoms with Crippen LogP contribution in [0.2, 0.25) is 0 Å². The number of imide groups is 1. The maximum atomic E-state index is 12.6. The Hall–Kier alpha value is -3.10. The molecule has 0 spiro atoms. The van der Waals surface area contributed by atoms with Gasteiger partial charge in [-0.3, -0.25) is 33.7 Å². The van der Waals surface area contributed by atoms with Crippen LogP contribution in [0, 0.1) is 35.5 Å². The number of carbonyl (C=O) groups excluding carboxylic acids is 6. The molecule has 63 heavy (non-hydrogen) atoms. The van der Waals surface area contributed by atoms with Crippen molar-refractivity contribution >= 4 is 35.3 Å². The Morgan fingerprint density at radius 2 is 1.05 bits per heavy atom. The van der Waals surface area contributed by atoms with Crippen LogP contribution in [0.25, 0.3) is 0 Å². The largest absolute Gasteiger partial charge is 0.379 e. The topological polar surface area (TPSA) is 216 Å². The van der Waals surface area contributed by atoms with Crippen molar-refractivity contribution in [3.63, 3.8) is 0 Å². The maximum absolute atomic E-state index is 12.6. The van der Waals surface area contributed by atoms with Crippen molar-refractivity contribution in [3.05, 3.63) is 0 Å². The highest BCUT2D eigenvalue weighted by Crippen LogP contribution is 2.33. The van der Waals surface area contributed by atoms with Crippen LogP contribution in [-0.4, -0.2) is 171 Å². The lowest BCUT2D eigenvalue weighted by Crippen LogP contribution is -2.53. The molecule has 1 aliphatic carbocycles. The number of hydrogen-bond acceptors (Lipinski definition) is 14. The van der Waals surface area contributed by atoms with E-state index in [1.54, 1.807) is 20.8 Å². The molecule has 1 saturated carbocycles. The number of nitrogens with one attached hydrogen (secondary N) is 3. The highest BCUT2D eigenvalue weighted by molar-refractivity contribution is 6.03. The third-order valence-corrected chi connectivity index (χ3v) is 11.0. The summed E-state index contributed by atoms with van der Waals surface area (Å²) in [6.45, 7) is 20.2. The predicted molar refractivity (Wildman–Crippen MR) is 234 cm³/mol. The summed E-state index contributed by atoms with van der Waals surface area (Å²) >= 11 is 0. The molecule has 0 radical (unpaired) electrons. The molecule has 3 atom stereocenters. The molecule has 18 heteroatoms. The summed E-state index contributed by atoms with van der Waals surface area (Å²) in [5.41, 5.74) is 0. The average Bonchev–Trinajstić information content (AvgIpc) is 3.53. The monoisotopic (exact) mass is 901 g/mol. The molecule has 0 aromatic heterocycles. The van der Waals surface area contributed by atoms with Gasteiger partial charge >= 0.3 is 0 Å². The van der Waals surface area contributed by atoms with Crippen LogP contribution >= 0.6 is 0 Å². The Bertz CT molecular complexity index is 1330. The zero-order chi connectivity index (χ0) is 46.4. The van der Waals surface area contributed by atoms with E-state index in [0.29, 0.717) is 119 Å². The van der Waals surface area contributed by atoms with Crippen LogP contribution in [0.3, 0.4) is 0 Å². The molecule has 1 saturated heterocycles. The van der Waals surface area contributed by atoms with Crippen molar-refractivity contribution in [2.24, 2.45) is 35.5 Å². The zero-order valence-corrected chi connectivity index (χ0v) is 39.3. The number of carbonyl (C=O) groups is 6. The quantitative estimate of drug-likeness (QED) is 0.0603. The smallest absolute Gasteiger partial charge is 0.243 e. The van der Waals surface area contributed by atoms with Crippen LogP contribution in [0.1, 0.15) is 87.0 Å². The van der Waals surface area contributed by atoms with E-state index in [9.17, 15) is 28.8 Å². The molecular weight excluding hydrogens is 821 g/mol. The predicted octanol–water partition coefficient (Wildman–Crippen LogP) is 2.33. The van der Waals surface area contributed by atoms with Crippen molar-refractivity contribution in [1.82, 2.24) is 20.9 Å². The summed E-state index contributed by atoms with van der Waals surface area (Å²) < 4.78 is 44.1. The standard InChI is InChI=1S/C45H80N4O14/c1-32(2)38-30-40(51)49(45(38)55)31-36-8-10-37(11-9-36)43(53)46-13-15-57-17-19-59-21-23-61-25-27-63-29-28-62-26-24-60-22-20-58-18-16-56-14-12-39(50)48-41(33(3)4)44(54)47-35(7)42(52)34(5)6/h32-38,41H,8-31H2,1-7H3,(H,46,53)(H,47,54)(H,48,50)/t35-,36?,37?,38?,41-/m0/s1. The Balaban J connectivity index is 1.28. The second kappa shape index (κ2) is 33.4. The van der Waals surface area contributed by atoms with E-state index in [1.807, 2.05) is 27.7 Å². The summed E-state index contributed by atoms with van der Waals surface area (Å²) in [6, 6.07) is -1.37. The molecule has 2 rings (SSSR count). The minimum Gasteiger partial charge on any atom is -0.379 e. The zero-order valence-electron chi connectivity index (χ0n) is 39.3. The van der Waals surface area contributed by atoms with Gasteiger partial charge in [-0.2, -0.15) is 0 Å². The lowest BCUT2D eigenvalue weighted by Gasteiger charge is -2.30. The van der Waals surface area contributed by atoms with Gasteiger partial charge in [0.1, 0.15) is 6.04 Å². The number of amides is 5. The first-order valence-corrected chi connectivity index (χ1v) is 23.1. The third-order valence-electron chi connectivity index (χ3n) is 11.0. The normalized spacial score (nSPS) is 19.0. The highest BCUT2D eigenvalue weighted by atomic mass is 16.6. The molecule has 5 amide bonds. The molecular formula is C45H80N4O14. The minimum atomic E-state index is -0.744. The number of Topliss-reactive ketones (excluding diaryl/α,β-unsaturated/α-hetero) is 1. The Morgan fingerprint density at radius 3 is 1.46 bits per heavy atom. The molecule has 18 nitrogen and oxygen atoms in total. The second-order valence-corrected chi connectivity index (χ2v) is 17.1. The van der Waals surface area contributed by atoms with E-state index in [2.05, 4.69) is 16.0 Å². The first kappa shape index (κ1) is 56.0. The average molecular weight is 901 g/mol. The van der Waals surface area contributed by atoms with Gasteiger partial charge in [-0.05, 0) is 50.4 Å². The van der Waals surface area contributed by atoms with Gasteiger partial charge in [-0.25, -0.2) is 0 Å². The van der Waals surface area contributed by atoms with Gasteiger partial charge in [0.15, 0.2) is 5.78 Å². The second-order valence-electron chi connectivity index (χ2n) is 17.1. The summed E-state index contributed by atoms with van der Waals surface area (Å²) in [6.07, 6.45) is 3.61. The fourth-order valence-electron chi connectivity index (χ4n) is 7.14. The van der Waals surface area contributed by atoms with Crippen LogP contribution in [0.4, 0.5) is 0 Å². The van der Waals surface area contributed by atoms with E-state index in [1.165, 1.54) is 4.90 Å². The summed E-state index contributed by atoms with van der Waals surface area (Å²) in [5.74, 6) is -0.970. The first-order valence-electron chi connectivity index (χ1n) is 23.1. The van der Waals surface area contributed by atoms with Crippen LogP contribution in [0.15, 0.2) is 0 Å². The molecule has 0 aromatic carbocycles. The van der Waals surface area contributed by atoms with E-state index in [0.717, 1.165) is 25.7 Å². The summed E-state index contributed by atoms with van der Waals surface area (Å²) in [5, 5.41) is 8.40. The van der Waals surface area contributed by atoms with Crippen molar-refractivity contribution in [2.75, 3.05) is 119 Å². The number of nitrogens with zero attached hydrogens (tertiary/aromatic N) is 1. The van der Waals surface area contributed by atoms with Crippen LogP contribution in [-0.2, 0) is 66.7 Å². The molecule has 2 aliphatic rings. The molecule has 2 fully saturated rings. The van der Waals surface area contributed by atoms with Gasteiger partial charge in [0.2, 0.25) is 29.5 Å². The van der Waals surface area contributed by atoms with E-state index < -0.39 is 12.1 Å². The molecule has 1 aliphatic heterocycles. The molecule has 0 bridgehead atoms. The van der Waals surface area contributed by atoms with E-state index >= 15 is 0 Å². The van der Waals surface area contributed by atoms with Crippen molar-refractivity contribution in [3.8, 4) is 0 Å². The Labute approximate surface area is 375 Å². The SMILES string of the molecule is CC(C)C(=O)[C@H](C)NC(=O)[C@@H](NC(=O)CCOCCOCCOCCOCCOCCOCCOCCOCCNC(=O)C1CCC(CN2C(=O)CC(C(C)C)C2=O)CC1)C(C)C. The third kappa shape index (κ3) is 24.1. The number of rotatable bonds is 37. The lowest BCUT2D eigenvalue weighted by atomic mass is 9.81. The van der Waals surface area contributed by atoms with Crippen LogP contribution in [0.5, 0.6) is 0 Å². The maximum Gasteiger partial charge on any atom is 0.243 e. The number of likely N-dealkylation sites (tertiary alicyclic amines) is 1. The lowest BCUT2D eigenvalue weighted by molar-refractivity contribution is -0.141. The van der Waals surface area contributed by atoms with Crippen LogP contribution < -0.4 is 16.0 Å². The summed E-state index contributed by atoms with van der Waals surface area (Å²) in [7, 11) is 0. The number of hydrogen-bond donors (Lipinski definition) is 3. The number of ether oxygens (including phenoxy) is 8. The van der Waals surface area contributed by atoms with Crippen molar-refractivity contribution in [2.45, 2.75) is 99.1 Å².